The van der Waals surface area contributed by atoms with Crippen molar-refractivity contribution >= 4 is 93.4 Å². The molecular formula is C73H100Cl3F5N8O13. The van der Waals surface area contributed by atoms with Crippen molar-refractivity contribution < 1.29 is 84.7 Å². The van der Waals surface area contributed by atoms with Crippen molar-refractivity contribution in [1.29, 1.82) is 0 Å². The van der Waals surface area contributed by atoms with E-state index in [1.54, 1.807) is 111 Å². The van der Waals surface area contributed by atoms with Crippen molar-refractivity contribution in [2.75, 3.05) is 23.7 Å². The monoisotopic (exact) mass is 1500 g/mol. The molecule has 0 aliphatic heterocycles. The Bertz CT molecular complexity index is 3780. The number of carbonyl (C=O) groups excluding carboxylic acids is 5. The van der Waals surface area contributed by atoms with Crippen molar-refractivity contribution in [3.05, 3.63) is 205 Å². The highest BCUT2D eigenvalue weighted by Crippen LogP contribution is 2.32. The largest absolute Gasteiger partial charge is 0.489 e. The van der Waals surface area contributed by atoms with Gasteiger partial charge in [-0.25, -0.2) is 22.8 Å². The predicted molar refractivity (Wildman–Crippen MR) is 398 cm³/mol. The number of nitrogens with two attached hydrogens (primary N) is 5. The van der Waals surface area contributed by atoms with Crippen LogP contribution >= 0.6 is 34.8 Å². The molecule has 0 aliphatic rings. The van der Waals surface area contributed by atoms with Gasteiger partial charge in [0.15, 0.2) is 0 Å². The second-order valence-electron chi connectivity index (χ2n) is 21.1. The number of hydrogen-bond donors (Lipinski definition) is 10. The summed E-state index contributed by atoms with van der Waals surface area (Å²) in [6.07, 6.45) is 0.338. The second kappa shape index (κ2) is 48.0. The molecule has 7 rings (SSSR count). The molecule has 566 valence electrons. The molecule has 0 spiro atoms. The van der Waals surface area contributed by atoms with Crippen LogP contribution in [0.15, 0.2) is 127 Å². The molecule has 0 radical (unpaired) electrons. The first-order chi connectivity index (χ1) is 44.1. The number of carboxylic acids is 2. The topological polar surface area (TPSA) is 363 Å². The van der Waals surface area contributed by atoms with Crippen LogP contribution in [-0.2, 0) is 38.4 Å². The Hall–Kier alpha value is -9.89. The molecule has 0 aliphatic carbocycles. The predicted octanol–water partition coefficient (Wildman–Crippen LogP) is 15.1. The third-order valence-corrected chi connectivity index (χ3v) is 13.1. The molecule has 0 heterocycles. The van der Waals surface area contributed by atoms with E-state index in [9.17, 15) is 60.6 Å². The fourth-order valence-electron chi connectivity index (χ4n) is 7.75. The van der Waals surface area contributed by atoms with E-state index >= 15 is 0 Å². The summed E-state index contributed by atoms with van der Waals surface area (Å²) in [4.78, 5) is 82.5. The molecule has 29 heteroatoms. The Balaban J connectivity index is -0.000000410. The van der Waals surface area contributed by atoms with Gasteiger partial charge in [0.2, 0.25) is 46.6 Å². The fraction of sp³-hybridized carbons (Fsp3) is 0.329. The molecule has 4 amide bonds. The average molecular weight is 1500 g/mol. The summed E-state index contributed by atoms with van der Waals surface area (Å²) >= 11 is 18.2. The summed E-state index contributed by atoms with van der Waals surface area (Å²) in [7, 11) is 0. The number of carboxylic acid groups (broad SMARTS) is 2. The van der Waals surface area contributed by atoms with Gasteiger partial charge in [0.1, 0.15) is 35.4 Å². The lowest BCUT2D eigenvalue weighted by Crippen LogP contribution is -2.49. The number of halogens is 8. The zero-order chi connectivity index (χ0) is 70.3. The Labute approximate surface area is 610 Å². The number of anilines is 3. The van der Waals surface area contributed by atoms with Gasteiger partial charge in [0.05, 0.1) is 45.5 Å². The van der Waals surface area contributed by atoms with Crippen molar-refractivity contribution in [3.63, 3.8) is 0 Å². The molecule has 2 unspecified atom stereocenters. The number of amides is 4. The first kappa shape index (κ1) is 101. The molecule has 7 aromatic carbocycles. The third-order valence-electron chi connectivity index (χ3n) is 12.3. The summed E-state index contributed by atoms with van der Waals surface area (Å²) in [6, 6.07) is 30.6. The van der Waals surface area contributed by atoms with E-state index in [-0.39, 0.29) is 135 Å². The Morgan fingerprint density at radius 3 is 1.06 bits per heavy atom. The Morgan fingerprint density at radius 2 is 0.745 bits per heavy atom. The Morgan fingerprint density at radius 1 is 0.441 bits per heavy atom. The van der Waals surface area contributed by atoms with E-state index in [4.69, 9.17) is 82.8 Å². The minimum atomic E-state index is -2.35. The zero-order valence-electron chi connectivity index (χ0n) is 51.2. The van der Waals surface area contributed by atoms with Crippen LogP contribution in [-0.4, -0.2) is 94.7 Å². The first-order valence-corrected chi connectivity index (χ1v) is 29.3. The Kier molecular flexibility index (Phi) is 47.4. The molecule has 15 N–H and O–H groups in total. The summed E-state index contributed by atoms with van der Waals surface area (Å²) < 4.78 is 86.9. The lowest BCUT2D eigenvalue weighted by molar-refractivity contribution is -0.139. The number of nitrogens with one attached hydrogen (secondary N) is 3. The van der Waals surface area contributed by atoms with Crippen molar-refractivity contribution in [1.82, 2.24) is 16.0 Å². The second-order valence-corrected chi connectivity index (χ2v) is 22.3. The minimum absolute atomic E-state index is 0. The van der Waals surface area contributed by atoms with E-state index in [2.05, 4.69) is 20.7 Å². The lowest BCUT2D eigenvalue weighted by atomic mass is 10.0. The van der Waals surface area contributed by atoms with Crippen LogP contribution in [0.25, 0.3) is 0 Å². The van der Waals surface area contributed by atoms with Gasteiger partial charge >= 0.3 is 17.9 Å². The summed E-state index contributed by atoms with van der Waals surface area (Å²) in [6.45, 7) is 10.6. The molecule has 0 aromatic heterocycles. The van der Waals surface area contributed by atoms with Crippen molar-refractivity contribution in [2.24, 2.45) is 11.5 Å². The van der Waals surface area contributed by atoms with Gasteiger partial charge < -0.3 is 73.8 Å². The van der Waals surface area contributed by atoms with Crippen LogP contribution < -0.4 is 63.6 Å². The maximum absolute atomic E-state index is 13.5. The number of benzene rings is 7. The molecule has 0 bridgehead atoms. The van der Waals surface area contributed by atoms with E-state index in [1.165, 1.54) is 18.2 Å². The normalized spacial score (nSPS) is 10.7. The van der Waals surface area contributed by atoms with E-state index < -0.39 is 94.5 Å². The highest BCUT2D eigenvalue weighted by Gasteiger charge is 2.30. The van der Waals surface area contributed by atoms with Gasteiger partial charge in [-0.1, -0.05) is 131 Å². The molecule has 3 atom stereocenters. The number of nitrogen functional groups attached to an aromatic ring is 3. The first-order valence-electron chi connectivity index (χ1n) is 28.2. The molecule has 0 saturated carbocycles. The quantitative estimate of drug-likeness (QED) is 0.00710. The van der Waals surface area contributed by atoms with Crippen LogP contribution in [0.3, 0.4) is 0 Å². The molecule has 21 nitrogen and oxygen atoms in total. The highest BCUT2D eigenvalue weighted by molar-refractivity contribution is 6.33. The summed E-state index contributed by atoms with van der Waals surface area (Å²) in [5, 5.41) is 26.1. The van der Waals surface area contributed by atoms with Gasteiger partial charge in [0.25, 0.3) is 11.8 Å². The van der Waals surface area contributed by atoms with Gasteiger partial charge in [-0.3, -0.25) is 24.0 Å². The number of primary amides is 1. The number of esters is 1. The molecule has 0 fully saturated rings. The van der Waals surface area contributed by atoms with Gasteiger partial charge in [-0.05, 0) is 156 Å². The van der Waals surface area contributed by atoms with E-state index in [0.717, 1.165) is 28.8 Å². The SMILES string of the molecule is C.C.C.C.C.C.C.C.CC(C)Oc1ccc(C(=O)NC(Cc2ccc(N)cc2)C(=O)NCC(N)=O)cc1Cl.CC(C)Oc1ccc(C(=O)NC(Cc2ccc(N)cc2)C(=O)O)cc1Cl.CC(C)Oc1ccc(C(=O)Oc2c(F)c(F)c(F)c(F)c2F)cc1Cl.Nc1ccc(C[C@H](N)C(=O)O)cc1. The fourth-order valence-corrected chi connectivity index (χ4v) is 8.43. The smallest absolute Gasteiger partial charge is 0.343 e. The van der Waals surface area contributed by atoms with Crippen LogP contribution in [0.2, 0.25) is 15.1 Å². The number of aliphatic carboxylic acids is 2. The van der Waals surface area contributed by atoms with Crippen LogP contribution in [0.5, 0.6) is 23.0 Å². The van der Waals surface area contributed by atoms with Gasteiger partial charge in [0, 0.05) is 41.0 Å². The van der Waals surface area contributed by atoms with Gasteiger partial charge in [-0.2, -0.15) is 8.78 Å². The maximum Gasteiger partial charge on any atom is 0.343 e. The van der Waals surface area contributed by atoms with Crippen molar-refractivity contribution in [3.8, 4) is 23.0 Å². The third kappa shape index (κ3) is 32.6. The van der Waals surface area contributed by atoms with Crippen LogP contribution in [0.4, 0.5) is 39.0 Å². The van der Waals surface area contributed by atoms with E-state index in [0.29, 0.717) is 35.0 Å². The summed E-state index contributed by atoms with van der Waals surface area (Å²) in [5.41, 5.74) is 31.7. The molecule has 102 heavy (non-hydrogen) atoms. The minimum Gasteiger partial charge on any atom is -0.489 e. The van der Waals surface area contributed by atoms with Crippen LogP contribution in [0.1, 0.15) is 149 Å². The number of hydrogen-bond acceptors (Lipinski definition) is 15. The van der Waals surface area contributed by atoms with Gasteiger partial charge in [-0.15, -0.1) is 0 Å². The standard InChI is InChI=1S/C21H25ClN4O4.C19H21ClN2O4.C16H10ClF5O3.C9H12N2O2.8CH4/c1-12(2)30-18-8-5-14(10-16(18)22)20(28)26-17(21(29)25-11-19(24)27)9-13-3-6-15(23)7-4-13;1-11(2)26-17-8-5-13(10-15(17)20)18(23)22-16(19(24)25)9-12-3-6-14(21)7-4-12;1-6(2)24-9-4-3-7(5-8(9)17)16(23)25-15-13(21)11(19)10(18)12(20)14(15)22;10-7-3-1-6(2-4-7)5-8(11)9(12)13;;;;;;;;/h3-8,10,12,17H,9,11,23H2,1-2H3,(H2,24,27)(H,25,29)(H,26,28);3-8,10-11,16H,9,21H2,1-2H3,(H,22,23)(H,24,25);3-6H,1-2H3;1-4,8H,5,10-11H2,(H,12,13);8*1H4/t;;;8-;;;;;;;;/m...0......../s1. The molecule has 7 aromatic rings. The number of carbonyl (C=O) groups is 7. The highest BCUT2D eigenvalue weighted by atomic mass is 35.5. The van der Waals surface area contributed by atoms with Crippen LogP contribution in [0, 0.1) is 29.1 Å². The number of rotatable bonds is 23. The number of ether oxygens (including phenoxy) is 4. The molecule has 0 saturated heterocycles. The lowest BCUT2D eigenvalue weighted by Gasteiger charge is -2.19. The summed E-state index contributed by atoms with van der Waals surface area (Å²) in [5.74, 6) is -17.5. The van der Waals surface area contributed by atoms with E-state index in [1.807, 2.05) is 27.7 Å². The zero-order valence-corrected chi connectivity index (χ0v) is 53.5. The maximum atomic E-state index is 13.5. The molecular weight excluding hydrogens is 1400 g/mol. The average Bonchev–Trinajstić information content (AvgIpc) is 0.793. The van der Waals surface area contributed by atoms with Crippen molar-refractivity contribution in [2.45, 2.75) is 157 Å².